The molecular formula is C30H47N3O5S3. The van der Waals surface area contributed by atoms with Crippen LogP contribution >= 0.6 is 11.8 Å². The molecule has 11 heteroatoms. The van der Waals surface area contributed by atoms with Crippen molar-refractivity contribution in [3.05, 3.63) is 59.7 Å². The molecule has 1 atom stereocenters. The summed E-state index contributed by atoms with van der Waals surface area (Å²) in [4.78, 5) is 13.1. The molecule has 1 amide bonds. The third-order valence-corrected chi connectivity index (χ3v) is 10.8. The number of unbranched alkanes of at least 4 members (excludes halogenated alkanes) is 6. The molecule has 0 aromatic heterocycles. The standard InChI is InChI=1S/C30H47N3O5S3/c1-4-5-6-7-8-11-22-39-24-27(33-41(37,38)29-18-14-26(3)15-19-29)23-30(34)31-20-9-10-21-32-40(35,36)28-16-12-25(2)13-17-28/h12-19,27,32-33H,4-11,20-24H2,1-3H3,(H,31,34)/t27-/m0/s1. The maximum Gasteiger partial charge on any atom is 0.240 e. The molecule has 0 saturated carbocycles. The molecule has 0 unspecified atom stereocenters. The normalized spacial score (nSPS) is 12.8. The first-order valence-corrected chi connectivity index (χ1v) is 18.7. The maximum absolute atomic E-state index is 13.0. The van der Waals surface area contributed by atoms with Crippen LogP contribution in [0.15, 0.2) is 58.3 Å². The number of sulfonamides is 2. The van der Waals surface area contributed by atoms with Gasteiger partial charge >= 0.3 is 0 Å². The van der Waals surface area contributed by atoms with Gasteiger partial charge in [0.05, 0.1) is 9.79 Å². The second-order valence-electron chi connectivity index (χ2n) is 10.4. The third kappa shape index (κ3) is 14.2. The lowest BCUT2D eigenvalue weighted by Crippen LogP contribution is -2.41. The number of nitrogens with one attached hydrogen (secondary N) is 3. The molecule has 2 aromatic carbocycles. The van der Waals surface area contributed by atoms with Gasteiger partial charge in [0.25, 0.3) is 0 Å². The van der Waals surface area contributed by atoms with Gasteiger partial charge in [-0.15, -0.1) is 0 Å². The van der Waals surface area contributed by atoms with Crippen LogP contribution < -0.4 is 14.8 Å². The lowest BCUT2D eigenvalue weighted by molar-refractivity contribution is -0.121. The zero-order valence-electron chi connectivity index (χ0n) is 24.7. The van der Waals surface area contributed by atoms with E-state index in [4.69, 9.17) is 0 Å². The Morgan fingerprint density at radius 3 is 1.88 bits per heavy atom. The molecule has 0 aliphatic rings. The summed E-state index contributed by atoms with van der Waals surface area (Å²) in [7, 11) is -7.32. The van der Waals surface area contributed by atoms with Crippen molar-refractivity contribution < 1.29 is 21.6 Å². The van der Waals surface area contributed by atoms with Crippen molar-refractivity contribution in [2.75, 3.05) is 24.6 Å². The summed E-state index contributed by atoms with van der Waals surface area (Å²) in [6.07, 6.45) is 8.36. The van der Waals surface area contributed by atoms with Gasteiger partial charge in [-0.25, -0.2) is 26.3 Å². The summed E-state index contributed by atoms with van der Waals surface area (Å²) in [5, 5.41) is 2.85. The van der Waals surface area contributed by atoms with Crippen molar-refractivity contribution in [2.24, 2.45) is 0 Å². The summed E-state index contributed by atoms with van der Waals surface area (Å²) in [6.45, 7) is 6.64. The summed E-state index contributed by atoms with van der Waals surface area (Å²) >= 11 is 1.67. The van der Waals surface area contributed by atoms with E-state index in [0.717, 1.165) is 29.7 Å². The molecule has 0 aliphatic carbocycles. The van der Waals surface area contributed by atoms with Crippen LogP contribution in [0.3, 0.4) is 0 Å². The van der Waals surface area contributed by atoms with Crippen LogP contribution in [0.4, 0.5) is 0 Å². The smallest absolute Gasteiger partial charge is 0.240 e. The van der Waals surface area contributed by atoms with E-state index in [2.05, 4.69) is 21.7 Å². The number of amides is 1. The highest BCUT2D eigenvalue weighted by Gasteiger charge is 2.22. The fraction of sp³-hybridized carbons (Fsp3) is 0.567. The third-order valence-electron chi connectivity index (χ3n) is 6.60. The second kappa shape index (κ2) is 18.6. The van der Waals surface area contributed by atoms with Gasteiger partial charge in [-0.1, -0.05) is 74.4 Å². The summed E-state index contributed by atoms with van der Waals surface area (Å²) in [6, 6.07) is 12.8. The van der Waals surface area contributed by atoms with E-state index < -0.39 is 26.1 Å². The van der Waals surface area contributed by atoms with Crippen LogP contribution in [0.5, 0.6) is 0 Å². The molecule has 0 spiro atoms. The molecule has 8 nitrogen and oxygen atoms in total. The summed E-state index contributed by atoms with van der Waals surface area (Å²) in [5.41, 5.74) is 1.96. The van der Waals surface area contributed by atoms with Gasteiger partial charge in [0, 0.05) is 31.3 Å². The molecule has 2 aromatic rings. The van der Waals surface area contributed by atoms with Crippen molar-refractivity contribution in [1.29, 1.82) is 0 Å². The van der Waals surface area contributed by atoms with Crippen LogP contribution in [0, 0.1) is 13.8 Å². The Morgan fingerprint density at radius 1 is 0.732 bits per heavy atom. The molecule has 3 N–H and O–H groups in total. The second-order valence-corrected chi connectivity index (χ2v) is 15.1. The highest BCUT2D eigenvalue weighted by atomic mass is 32.2. The Kier molecular flexibility index (Phi) is 16.0. The first-order chi connectivity index (χ1) is 19.5. The predicted molar refractivity (Wildman–Crippen MR) is 169 cm³/mol. The first-order valence-electron chi connectivity index (χ1n) is 14.5. The zero-order valence-corrected chi connectivity index (χ0v) is 27.1. The number of carbonyl (C=O) groups excluding carboxylic acids is 1. The minimum atomic E-state index is -3.76. The van der Waals surface area contributed by atoms with Crippen molar-refractivity contribution in [3.8, 4) is 0 Å². The van der Waals surface area contributed by atoms with Crippen molar-refractivity contribution in [1.82, 2.24) is 14.8 Å². The van der Waals surface area contributed by atoms with Gasteiger partial charge < -0.3 is 5.32 Å². The average Bonchev–Trinajstić information content (AvgIpc) is 2.92. The van der Waals surface area contributed by atoms with Crippen LogP contribution in [0.2, 0.25) is 0 Å². The minimum Gasteiger partial charge on any atom is -0.356 e. The van der Waals surface area contributed by atoms with Gasteiger partial charge in [-0.3, -0.25) is 4.79 Å². The van der Waals surface area contributed by atoms with Gasteiger partial charge in [-0.05, 0) is 63.1 Å². The monoisotopic (exact) mass is 625 g/mol. The lowest BCUT2D eigenvalue weighted by atomic mass is 10.1. The summed E-state index contributed by atoms with van der Waals surface area (Å²) in [5.74, 6) is 1.20. The molecule has 230 valence electrons. The topological polar surface area (TPSA) is 121 Å². The van der Waals surface area contributed by atoms with Crippen LogP contribution in [-0.2, 0) is 24.8 Å². The van der Waals surface area contributed by atoms with Crippen molar-refractivity contribution in [3.63, 3.8) is 0 Å². The van der Waals surface area contributed by atoms with Gasteiger partial charge in [0.2, 0.25) is 26.0 Å². The SMILES string of the molecule is CCCCCCCCSC[C@H](CC(=O)NCCCCNS(=O)(=O)c1ccc(C)cc1)NS(=O)(=O)c1ccc(C)cc1. The number of hydrogen-bond acceptors (Lipinski definition) is 6. The van der Waals surface area contributed by atoms with Gasteiger partial charge in [-0.2, -0.15) is 11.8 Å². The molecule has 2 rings (SSSR count). The maximum atomic E-state index is 13.0. The van der Waals surface area contributed by atoms with Crippen molar-refractivity contribution in [2.45, 2.75) is 94.4 Å². The highest BCUT2D eigenvalue weighted by Crippen LogP contribution is 2.16. The number of thioether (sulfide) groups is 1. The van der Waals surface area contributed by atoms with Crippen molar-refractivity contribution >= 4 is 37.7 Å². The number of rotatable bonds is 21. The van der Waals surface area contributed by atoms with E-state index in [1.165, 1.54) is 25.7 Å². The molecular weight excluding hydrogens is 579 g/mol. The Morgan fingerprint density at radius 2 is 1.27 bits per heavy atom. The largest absolute Gasteiger partial charge is 0.356 e. The Balaban J connectivity index is 1.80. The number of aryl methyl sites for hydroxylation is 2. The Labute approximate surface area is 252 Å². The molecule has 0 heterocycles. The molecule has 0 radical (unpaired) electrons. The fourth-order valence-corrected chi connectivity index (χ4v) is 7.61. The minimum absolute atomic E-state index is 0.0364. The van der Waals surface area contributed by atoms with Gasteiger partial charge in [0.1, 0.15) is 0 Å². The van der Waals surface area contributed by atoms with E-state index in [0.29, 0.717) is 25.1 Å². The van der Waals surface area contributed by atoms with E-state index in [1.54, 1.807) is 60.3 Å². The number of benzene rings is 2. The number of hydrogen-bond donors (Lipinski definition) is 3. The van der Waals surface area contributed by atoms with Gasteiger partial charge in [0.15, 0.2) is 0 Å². The first kappa shape index (κ1) is 35.3. The van der Waals surface area contributed by atoms with Crippen LogP contribution in [0.25, 0.3) is 0 Å². The summed E-state index contributed by atoms with van der Waals surface area (Å²) < 4.78 is 56.1. The molecule has 41 heavy (non-hydrogen) atoms. The molecule has 0 bridgehead atoms. The predicted octanol–water partition coefficient (Wildman–Crippen LogP) is 5.31. The lowest BCUT2D eigenvalue weighted by Gasteiger charge is -2.19. The highest BCUT2D eigenvalue weighted by molar-refractivity contribution is 7.99. The van der Waals surface area contributed by atoms with Crippen LogP contribution in [0.1, 0.15) is 75.8 Å². The van der Waals surface area contributed by atoms with E-state index in [1.807, 2.05) is 13.8 Å². The quantitative estimate of drug-likeness (QED) is 0.162. The zero-order chi connectivity index (χ0) is 30.1. The van der Waals surface area contributed by atoms with E-state index >= 15 is 0 Å². The Hall–Kier alpha value is -1.92. The molecule has 0 saturated heterocycles. The Bertz CT molecular complexity index is 1250. The molecule has 0 aliphatic heterocycles. The van der Waals surface area contributed by atoms with E-state index in [9.17, 15) is 21.6 Å². The van der Waals surface area contributed by atoms with Crippen LogP contribution in [-0.4, -0.2) is 53.4 Å². The van der Waals surface area contributed by atoms with E-state index in [-0.39, 0.29) is 28.7 Å². The number of carbonyl (C=O) groups is 1. The molecule has 0 fully saturated rings. The fourth-order valence-electron chi connectivity index (χ4n) is 4.13. The average molecular weight is 626 g/mol.